The van der Waals surface area contributed by atoms with E-state index in [2.05, 4.69) is 31.8 Å². The Labute approximate surface area is 193 Å². The van der Waals surface area contributed by atoms with Crippen molar-refractivity contribution in [3.05, 3.63) is 59.5 Å². The van der Waals surface area contributed by atoms with Crippen molar-refractivity contribution in [1.29, 1.82) is 10.5 Å². The van der Waals surface area contributed by atoms with Crippen molar-refractivity contribution >= 4 is 17.6 Å². The lowest BCUT2D eigenvalue weighted by Gasteiger charge is -2.19. The second-order valence-electron chi connectivity index (χ2n) is 6.91. The van der Waals surface area contributed by atoms with Crippen LogP contribution in [0.3, 0.4) is 0 Å². The number of alkyl halides is 2. The summed E-state index contributed by atoms with van der Waals surface area (Å²) in [6, 6.07) is 10.5. The summed E-state index contributed by atoms with van der Waals surface area (Å²) in [4.78, 5) is 14.4. The molecule has 33 heavy (non-hydrogen) atoms. The molecule has 8 nitrogen and oxygen atoms in total. The monoisotopic (exact) mass is 468 g/mol. The van der Waals surface area contributed by atoms with Crippen molar-refractivity contribution in [1.82, 2.24) is 15.0 Å². The van der Waals surface area contributed by atoms with Crippen molar-refractivity contribution in [2.24, 2.45) is 0 Å². The van der Waals surface area contributed by atoms with Crippen LogP contribution in [-0.4, -0.2) is 46.9 Å². The third kappa shape index (κ3) is 5.52. The van der Waals surface area contributed by atoms with Crippen LogP contribution in [0, 0.1) is 22.7 Å². The van der Waals surface area contributed by atoms with Crippen molar-refractivity contribution in [3.63, 3.8) is 0 Å². The fourth-order valence-electron chi connectivity index (χ4n) is 2.87. The van der Waals surface area contributed by atoms with Crippen LogP contribution in [-0.2, 0) is 5.75 Å². The van der Waals surface area contributed by atoms with Crippen molar-refractivity contribution in [2.45, 2.75) is 16.9 Å². The molecule has 0 saturated carbocycles. The number of aromatic nitrogens is 3. The molecular formula is C22H18F2N6O2S. The molecule has 1 N–H and O–H groups in total. The number of pyridine rings is 3. The van der Waals surface area contributed by atoms with Gasteiger partial charge in [0, 0.05) is 37.8 Å². The van der Waals surface area contributed by atoms with Crippen LogP contribution in [0.1, 0.15) is 16.7 Å². The zero-order chi connectivity index (χ0) is 24.0. The Morgan fingerprint density at radius 2 is 1.91 bits per heavy atom. The topological polar surface area (TPSA) is 119 Å². The lowest BCUT2D eigenvalue weighted by atomic mass is 10.0. The average molecular weight is 468 g/mol. The third-order valence-corrected chi connectivity index (χ3v) is 5.38. The number of nitriles is 2. The van der Waals surface area contributed by atoms with E-state index in [1.807, 2.05) is 6.07 Å². The maximum atomic E-state index is 13.3. The molecule has 0 atom stereocenters. The van der Waals surface area contributed by atoms with Gasteiger partial charge in [0.1, 0.15) is 40.9 Å². The predicted octanol–water partition coefficient (Wildman–Crippen LogP) is 3.60. The zero-order valence-electron chi connectivity index (χ0n) is 17.7. The van der Waals surface area contributed by atoms with Gasteiger partial charge in [-0.3, -0.25) is 9.97 Å². The van der Waals surface area contributed by atoms with E-state index in [0.29, 0.717) is 16.6 Å². The van der Waals surface area contributed by atoms with E-state index in [1.165, 1.54) is 23.9 Å². The summed E-state index contributed by atoms with van der Waals surface area (Å²) >= 11 is 1.31. The van der Waals surface area contributed by atoms with Crippen molar-refractivity contribution < 1.29 is 18.6 Å². The van der Waals surface area contributed by atoms with Gasteiger partial charge in [-0.25, -0.2) is 4.98 Å². The van der Waals surface area contributed by atoms with Gasteiger partial charge in [0.15, 0.2) is 0 Å². The molecule has 0 amide bonds. The Morgan fingerprint density at radius 1 is 1.15 bits per heavy atom. The normalized spacial score (nSPS) is 10.9. The van der Waals surface area contributed by atoms with Crippen LogP contribution in [0.5, 0.6) is 5.75 Å². The lowest BCUT2D eigenvalue weighted by molar-refractivity contribution is -0.201. The molecule has 0 aliphatic carbocycles. The number of halogens is 2. The summed E-state index contributed by atoms with van der Waals surface area (Å²) in [5.74, 6) is 0.557. The Morgan fingerprint density at radius 3 is 2.45 bits per heavy atom. The van der Waals surface area contributed by atoms with Crippen molar-refractivity contribution in [3.8, 4) is 29.1 Å². The van der Waals surface area contributed by atoms with E-state index < -0.39 is 12.7 Å². The van der Waals surface area contributed by atoms with E-state index in [9.17, 15) is 19.3 Å². The standard InChI is InChI=1S/C22H18F2N6O2S/c1-30(2)20-16(8-25)19(18-6-5-15(11-28-18)32-22(23,24)13-31)17(9-26)21(29-20)33-12-14-4-3-7-27-10-14/h3-7,10-11,31H,12-13H2,1-2H3. The molecule has 0 unspecified atom stereocenters. The van der Waals surface area contributed by atoms with Gasteiger partial charge < -0.3 is 14.7 Å². The first kappa shape index (κ1) is 23.9. The molecule has 0 bridgehead atoms. The summed E-state index contributed by atoms with van der Waals surface area (Å²) in [7, 11) is 3.44. The second kappa shape index (κ2) is 10.2. The number of anilines is 1. The Balaban J connectivity index is 2.10. The SMILES string of the molecule is CN(C)c1nc(SCc2cccnc2)c(C#N)c(-c2ccc(OC(F)(F)CO)cn2)c1C#N. The number of aliphatic hydroxyl groups is 1. The molecule has 11 heteroatoms. The molecule has 168 valence electrons. The van der Waals surface area contributed by atoms with Crippen LogP contribution in [0.15, 0.2) is 47.9 Å². The van der Waals surface area contributed by atoms with E-state index in [0.717, 1.165) is 11.8 Å². The molecule has 0 aromatic carbocycles. The average Bonchev–Trinajstić information content (AvgIpc) is 2.82. The number of aliphatic hydroxyl groups excluding tert-OH is 1. The first-order valence-electron chi connectivity index (χ1n) is 9.51. The molecule has 0 aliphatic rings. The molecule has 0 fully saturated rings. The van der Waals surface area contributed by atoms with Gasteiger partial charge in [0.2, 0.25) is 0 Å². The summed E-state index contributed by atoms with van der Waals surface area (Å²) in [5, 5.41) is 28.9. The van der Waals surface area contributed by atoms with Gasteiger partial charge in [0.05, 0.1) is 17.5 Å². The molecule has 0 radical (unpaired) electrons. The minimum atomic E-state index is -3.76. The zero-order valence-corrected chi connectivity index (χ0v) is 18.5. The minimum absolute atomic E-state index is 0.129. The lowest BCUT2D eigenvalue weighted by Crippen LogP contribution is -2.29. The number of ether oxygens (including phenoxy) is 1. The molecule has 3 aromatic heterocycles. The number of hydrogen-bond acceptors (Lipinski definition) is 9. The van der Waals surface area contributed by atoms with Gasteiger partial charge in [-0.1, -0.05) is 6.07 Å². The quantitative estimate of drug-likeness (QED) is 0.495. The van der Waals surface area contributed by atoms with Crippen LogP contribution >= 0.6 is 11.8 Å². The first-order chi connectivity index (χ1) is 15.8. The molecule has 0 spiro atoms. The minimum Gasteiger partial charge on any atom is -0.429 e. The first-order valence-corrected chi connectivity index (χ1v) is 10.5. The Hall–Kier alpha value is -3.80. The second-order valence-corrected chi connectivity index (χ2v) is 7.87. The highest BCUT2D eigenvalue weighted by Crippen LogP contribution is 2.38. The highest BCUT2D eigenvalue weighted by atomic mass is 32.2. The molecule has 0 aliphatic heterocycles. The fourth-order valence-corrected chi connectivity index (χ4v) is 3.79. The van der Waals surface area contributed by atoms with Gasteiger partial charge in [-0.15, -0.1) is 11.8 Å². The molecule has 3 heterocycles. The van der Waals surface area contributed by atoms with Crippen LogP contribution < -0.4 is 9.64 Å². The highest BCUT2D eigenvalue weighted by molar-refractivity contribution is 7.98. The number of hydrogen-bond donors (Lipinski definition) is 1. The van der Waals surface area contributed by atoms with E-state index in [-0.39, 0.29) is 28.1 Å². The fraction of sp³-hybridized carbons (Fsp3) is 0.227. The van der Waals surface area contributed by atoms with Crippen molar-refractivity contribution in [2.75, 3.05) is 25.6 Å². The number of rotatable bonds is 8. The molecular weight excluding hydrogens is 450 g/mol. The third-order valence-electron chi connectivity index (χ3n) is 4.33. The van der Waals surface area contributed by atoms with Gasteiger partial charge in [0.25, 0.3) is 0 Å². The smallest absolute Gasteiger partial charge is 0.421 e. The Kier molecular flexibility index (Phi) is 7.38. The molecule has 3 rings (SSSR count). The van der Waals surface area contributed by atoms with E-state index in [1.54, 1.807) is 37.5 Å². The van der Waals surface area contributed by atoms with Crippen LogP contribution in [0.25, 0.3) is 11.3 Å². The van der Waals surface area contributed by atoms with Gasteiger partial charge in [-0.2, -0.15) is 19.3 Å². The number of nitrogens with zero attached hydrogens (tertiary/aromatic N) is 6. The number of thioether (sulfide) groups is 1. The highest BCUT2D eigenvalue weighted by Gasteiger charge is 2.30. The maximum Gasteiger partial charge on any atom is 0.421 e. The summed E-state index contributed by atoms with van der Waals surface area (Å²) in [6.45, 7) is -1.49. The van der Waals surface area contributed by atoms with Crippen LogP contribution in [0.4, 0.5) is 14.6 Å². The summed E-state index contributed by atoms with van der Waals surface area (Å²) < 4.78 is 31.0. The van der Waals surface area contributed by atoms with E-state index >= 15 is 0 Å². The summed E-state index contributed by atoms with van der Waals surface area (Å²) in [5.41, 5.74) is 1.66. The van der Waals surface area contributed by atoms with Gasteiger partial charge in [-0.05, 0) is 23.8 Å². The Bertz CT molecular complexity index is 1210. The molecule has 3 aromatic rings. The van der Waals surface area contributed by atoms with Crippen LogP contribution in [0.2, 0.25) is 0 Å². The molecule has 0 saturated heterocycles. The van der Waals surface area contributed by atoms with Gasteiger partial charge >= 0.3 is 6.11 Å². The predicted molar refractivity (Wildman–Crippen MR) is 118 cm³/mol. The largest absolute Gasteiger partial charge is 0.429 e. The summed E-state index contributed by atoms with van der Waals surface area (Å²) in [6.07, 6.45) is 0.647. The van der Waals surface area contributed by atoms with E-state index in [4.69, 9.17) is 5.11 Å². The maximum absolute atomic E-state index is 13.3.